The molecule has 2 rings (SSSR count). The van der Waals surface area contributed by atoms with Gasteiger partial charge in [0.05, 0.1) is 9.90 Å². The van der Waals surface area contributed by atoms with Crippen LogP contribution in [0.2, 0.25) is 5.02 Å². The van der Waals surface area contributed by atoms with Gasteiger partial charge in [0.2, 0.25) is 0 Å². The number of anilines is 1. The molecule has 3 nitrogen and oxygen atoms in total. The van der Waals surface area contributed by atoms with Gasteiger partial charge in [0.25, 0.3) is 0 Å². The minimum atomic E-state index is 0.443. The molecule has 84 valence electrons. The molecule has 0 aliphatic heterocycles. The van der Waals surface area contributed by atoms with Gasteiger partial charge in [-0.05, 0) is 24.6 Å². The lowest BCUT2D eigenvalue weighted by molar-refractivity contribution is 0.309. The fourth-order valence-corrected chi connectivity index (χ4v) is 2.03. The Labute approximate surface area is 103 Å². The fourth-order valence-electron chi connectivity index (χ4n) is 1.26. The summed E-state index contributed by atoms with van der Waals surface area (Å²) in [5, 5.41) is 1.16. The largest absolute Gasteiger partial charge is 0.486 e. The van der Waals surface area contributed by atoms with Gasteiger partial charge in [0.1, 0.15) is 12.4 Å². The quantitative estimate of drug-likeness (QED) is 0.915. The number of halogens is 1. The van der Waals surface area contributed by atoms with Gasteiger partial charge >= 0.3 is 0 Å². The highest BCUT2D eigenvalue weighted by Gasteiger charge is 2.04. The molecule has 0 spiro atoms. The first-order valence-electron chi connectivity index (χ1n) is 4.74. The van der Waals surface area contributed by atoms with E-state index in [1.54, 1.807) is 6.20 Å². The van der Waals surface area contributed by atoms with Crippen molar-refractivity contribution >= 4 is 28.1 Å². The molecular formula is C11H11ClN2OS. The summed E-state index contributed by atoms with van der Waals surface area (Å²) in [4.78, 5) is 4.93. The molecule has 2 aromatic rings. The Balaban J connectivity index is 2.07. The maximum absolute atomic E-state index is 6.01. The molecule has 0 radical (unpaired) electrons. The number of nitrogen functional groups attached to an aromatic ring is 1. The van der Waals surface area contributed by atoms with Gasteiger partial charge in [-0.15, -0.1) is 0 Å². The second-order valence-electron chi connectivity index (χ2n) is 3.39. The van der Waals surface area contributed by atoms with Gasteiger partial charge in [-0.2, -0.15) is 0 Å². The van der Waals surface area contributed by atoms with Gasteiger partial charge in [-0.3, -0.25) is 0 Å². The third-order valence-electron chi connectivity index (χ3n) is 2.03. The van der Waals surface area contributed by atoms with Crippen LogP contribution in [0.3, 0.4) is 0 Å². The van der Waals surface area contributed by atoms with E-state index in [1.165, 1.54) is 11.3 Å². The molecule has 0 bridgehead atoms. The molecule has 1 aromatic heterocycles. The Hall–Kier alpha value is -1.26. The summed E-state index contributed by atoms with van der Waals surface area (Å²) in [5.74, 6) is 0.689. The number of hydrogen-bond acceptors (Lipinski definition) is 4. The zero-order chi connectivity index (χ0) is 11.5. The highest BCUT2D eigenvalue weighted by atomic mass is 35.5. The van der Waals surface area contributed by atoms with E-state index in [1.807, 2.05) is 25.1 Å². The number of thiazole rings is 1. The molecule has 16 heavy (non-hydrogen) atoms. The number of benzene rings is 1. The Morgan fingerprint density at radius 1 is 1.50 bits per heavy atom. The molecule has 0 saturated heterocycles. The molecular weight excluding hydrogens is 244 g/mol. The molecule has 0 unspecified atom stereocenters. The molecule has 0 atom stereocenters. The minimum absolute atomic E-state index is 0.443. The topological polar surface area (TPSA) is 48.1 Å². The number of aromatic nitrogens is 1. The van der Waals surface area contributed by atoms with Crippen molar-refractivity contribution in [1.29, 1.82) is 0 Å². The van der Waals surface area contributed by atoms with Crippen molar-refractivity contribution in [1.82, 2.24) is 4.98 Å². The van der Waals surface area contributed by atoms with Crippen LogP contribution in [0.4, 0.5) is 5.13 Å². The van der Waals surface area contributed by atoms with Crippen molar-refractivity contribution in [2.24, 2.45) is 0 Å². The minimum Gasteiger partial charge on any atom is -0.486 e. The molecule has 0 aliphatic carbocycles. The number of nitrogens with two attached hydrogens (primary N) is 1. The Morgan fingerprint density at radius 2 is 2.31 bits per heavy atom. The summed E-state index contributed by atoms with van der Waals surface area (Å²) >= 11 is 7.42. The molecule has 5 heteroatoms. The summed E-state index contributed by atoms with van der Waals surface area (Å²) in [6, 6.07) is 5.68. The number of nitrogens with zero attached hydrogens (tertiary/aromatic N) is 1. The SMILES string of the molecule is Cc1ccc(Cl)c(OCc2cnc(N)s2)c1. The normalized spacial score (nSPS) is 10.4. The van der Waals surface area contributed by atoms with Crippen LogP contribution in [0.15, 0.2) is 24.4 Å². The van der Waals surface area contributed by atoms with E-state index < -0.39 is 0 Å². The van der Waals surface area contributed by atoms with E-state index in [9.17, 15) is 0 Å². The van der Waals surface area contributed by atoms with Gasteiger partial charge in [-0.25, -0.2) is 4.98 Å². The van der Waals surface area contributed by atoms with Crippen molar-refractivity contribution < 1.29 is 4.74 Å². The first kappa shape index (κ1) is 11.2. The summed E-state index contributed by atoms with van der Waals surface area (Å²) in [7, 11) is 0. The van der Waals surface area contributed by atoms with E-state index in [-0.39, 0.29) is 0 Å². The summed E-state index contributed by atoms with van der Waals surface area (Å²) in [6.45, 7) is 2.44. The van der Waals surface area contributed by atoms with Crippen LogP contribution >= 0.6 is 22.9 Å². The van der Waals surface area contributed by atoms with E-state index in [0.717, 1.165) is 10.4 Å². The lowest BCUT2D eigenvalue weighted by Gasteiger charge is -2.07. The first-order chi connectivity index (χ1) is 7.65. The second kappa shape index (κ2) is 4.72. The van der Waals surface area contributed by atoms with Crippen molar-refractivity contribution in [3.8, 4) is 5.75 Å². The van der Waals surface area contributed by atoms with Crippen LogP contribution in [0.1, 0.15) is 10.4 Å². The highest BCUT2D eigenvalue weighted by Crippen LogP contribution is 2.26. The van der Waals surface area contributed by atoms with Gasteiger partial charge in [0, 0.05) is 6.20 Å². The lowest BCUT2D eigenvalue weighted by Crippen LogP contribution is -1.93. The van der Waals surface area contributed by atoms with Crippen LogP contribution in [0, 0.1) is 6.92 Å². The molecule has 0 amide bonds. The Bertz CT molecular complexity index is 498. The molecule has 1 heterocycles. The van der Waals surface area contributed by atoms with Crippen molar-refractivity contribution in [3.05, 3.63) is 39.9 Å². The van der Waals surface area contributed by atoms with Crippen LogP contribution < -0.4 is 10.5 Å². The number of aryl methyl sites for hydroxylation is 1. The average Bonchev–Trinajstić information content (AvgIpc) is 2.66. The first-order valence-corrected chi connectivity index (χ1v) is 5.94. The lowest BCUT2D eigenvalue weighted by atomic mass is 10.2. The summed E-state index contributed by atoms with van der Waals surface area (Å²) < 4.78 is 5.60. The number of ether oxygens (including phenoxy) is 1. The second-order valence-corrected chi connectivity index (χ2v) is 4.94. The van der Waals surface area contributed by atoms with Crippen LogP contribution in [0.5, 0.6) is 5.75 Å². The van der Waals surface area contributed by atoms with E-state index in [2.05, 4.69) is 4.98 Å². The van der Waals surface area contributed by atoms with Crippen LogP contribution in [-0.2, 0) is 6.61 Å². The Kier molecular flexibility index (Phi) is 3.31. The predicted octanol–water partition coefficient (Wildman–Crippen LogP) is 3.27. The van der Waals surface area contributed by atoms with Gasteiger partial charge < -0.3 is 10.5 Å². The maximum atomic E-state index is 6.01. The number of hydrogen-bond donors (Lipinski definition) is 1. The molecule has 2 N–H and O–H groups in total. The van der Waals surface area contributed by atoms with E-state index in [0.29, 0.717) is 22.5 Å². The third kappa shape index (κ3) is 2.65. The molecule has 0 fully saturated rings. The fraction of sp³-hybridized carbons (Fsp3) is 0.182. The van der Waals surface area contributed by atoms with Crippen LogP contribution in [0.25, 0.3) is 0 Å². The van der Waals surface area contributed by atoms with Crippen LogP contribution in [-0.4, -0.2) is 4.98 Å². The third-order valence-corrected chi connectivity index (χ3v) is 3.14. The standard InChI is InChI=1S/C11H11ClN2OS/c1-7-2-3-9(12)10(4-7)15-6-8-5-14-11(13)16-8/h2-5H,6H2,1H3,(H2,13,14). The summed E-state index contributed by atoms with van der Waals surface area (Å²) in [5.41, 5.74) is 6.64. The zero-order valence-electron chi connectivity index (χ0n) is 8.74. The zero-order valence-corrected chi connectivity index (χ0v) is 10.3. The van der Waals surface area contributed by atoms with E-state index in [4.69, 9.17) is 22.1 Å². The molecule has 0 aliphatic rings. The van der Waals surface area contributed by atoms with Crippen molar-refractivity contribution in [3.63, 3.8) is 0 Å². The monoisotopic (exact) mass is 254 g/mol. The van der Waals surface area contributed by atoms with Gasteiger partial charge in [0.15, 0.2) is 5.13 Å². The predicted molar refractivity (Wildman–Crippen MR) is 67.0 cm³/mol. The molecule has 1 aromatic carbocycles. The number of rotatable bonds is 3. The van der Waals surface area contributed by atoms with E-state index >= 15 is 0 Å². The maximum Gasteiger partial charge on any atom is 0.180 e. The average molecular weight is 255 g/mol. The summed E-state index contributed by atoms with van der Waals surface area (Å²) in [6.07, 6.45) is 1.71. The van der Waals surface area contributed by atoms with Crippen molar-refractivity contribution in [2.45, 2.75) is 13.5 Å². The molecule has 0 saturated carbocycles. The Morgan fingerprint density at radius 3 is 3.00 bits per heavy atom. The van der Waals surface area contributed by atoms with Gasteiger partial charge in [-0.1, -0.05) is 29.0 Å². The smallest absolute Gasteiger partial charge is 0.180 e. The van der Waals surface area contributed by atoms with Crippen molar-refractivity contribution in [2.75, 3.05) is 5.73 Å². The highest BCUT2D eigenvalue weighted by molar-refractivity contribution is 7.15.